The van der Waals surface area contributed by atoms with Gasteiger partial charge in [0.1, 0.15) is 29.0 Å². The zero-order valence-electron chi connectivity index (χ0n) is 20.7. The molecule has 2 aromatic heterocycles. The first-order valence-corrected chi connectivity index (χ1v) is 12.1. The largest absolute Gasteiger partial charge is 0.370 e. The van der Waals surface area contributed by atoms with Crippen molar-refractivity contribution in [2.45, 2.75) is 46.7 Å². The molecule has 0 saturated carbocycles. The Morgan fingerprint density at radius 3 is 2.54 bits per heavy atom. The second-order valence-electron chi connectivity index (χ2n) is 9.98. The van der Waals surface area contributed by atoms with Crippen molar-refractivity contribution < 1.29 is 8.78 Å². The Hall–Kier alpha value is -3.49. The summed E-state index contributed by atoms with van der Waals surface area (Å²) >= 11 is 0. The molecule has 7 nitrogen and oxygen atoms in total. The van der Waals surface area contributed by atoms with E-state index in [4.69, 9.17) is 0 Å². The predicted molar refractivity (Wildman–Crippen MR) is 136 cm³/mol. The number of guanidine groups is 1. The van der Waals surface area contributed by atoms with Crippen LogP contribution in [0, 0.1) is 24.6 Å². The van der Waals surface area contributed by atoms with Crippen molar-refractivity contribution in [3.63, 3.8) is 0 Å². The van der Waals surface area contributed by atoms with Gasteiger partial charge in [0, 0.05) is 25.3 Å². The summed E-state index contributed by atoms with van der Waals surface area (Å²) < 4.78 is 31.7. The number of benzene rings is 1. The topological polar surface area (TPSA) is 70.4 Å². The van der Waals surface area contributed by atoms with Gasteiger partial charge in [-0.3, -0.25) is 0 Å². The minimum atomic E-state index is -0.971. The molecule has 1 aromatic carbocycles. The third kappa shape index (κ3) is 4.35. The fourth-order valence-electron chi connectivity index (χ4n) is 4.76. The van der Waals surface area contributed by atoms with Crippen molar-refractivity contribution in [2.24, 2.45) is 16.8 Å². The van der Waals surface area contributed by atoms with Crippen LogP contribution < -0.4 is 15.5 Å². The summed E-state index contributed by atoms with van der Waals surface area (Å²) in [6, 6.07) is 6.10. The van der Waals surface area contributed by atoms with Gasteiger partial charge in [-0.1, -0.05) is 13.8 Å². The first-order valence-electron chi connectivity index (χ1n) is 12.1. The Labute approximate surface area is 204 Å². The number of aliphatic imine (C=N–C) groups is 1. The standard InChI is InChI=1S/C26H31F2N7/c1-14(2)18-12-34(13-18)19-6-7-23(29-10-19)32-26-30-11-21(28)24(33-26)17-8-20(27)25-22(9-17)35(15(3)4)16(5)31-25/h6-11,14-15,18,24H,12-13H2,1-5H3,(H2,29,30,32,33). The van der Waals surface area contributed by atoms with Gasteiger partial charge in [-0.2, -0.15) is 0 Å². The van der Waals surface area contributed by atoms with Gasteiger partial charge in [-0.25, -0.2) is 23.7 Å². The van der Waals surface area contributed by atoms with Crippen LogP contribution in [0.15, 0.2) is 47.5 Å². The van der Waals surface area contributed by atoms with Gasteiger partial charge in [0.05, 0.1) is 17.4 Å². The van der Waals surface area contributed by atoms with Gasteiger partial charge in [0.15, 0.2) is 5.82 Å². The minimum absolute atomic E-state index is 0.0883. The molecule has 2 aliphatic rings. The molecule has 1 unspecified atom stereocenters. The molecule has 1 saturated heterocycles. The van der Waals surface area contributed by atoms with Crippen LogP contribution in [0.25, 0.3) is 11.0 Å². The molecule has 0 amide bonds. The van der Waals surface area contributed by atoms with Crippen molar-refractivity contribution in [3.05, 3.63) is 59.7 Å². The summed E-state index contributed by atoms with van der Waals surface area (Å²) in [5.41, 5.74) is 2.42. The van der Waals surface area contributed by atoms with Gasteiger partial charge < -0.3 is 20.1 Å². The van der Waals surface area contributed by atoms with Gasteiger partial charge in [-0.15, -0.1) is 0 Å². The van der Waals surface area contributed by atoms with Gasteiger partial charge in [-0.05, 0) is 62.4 Å². The Bertz CT molecular complexity index is 1300. The normalized spacial score (nSPS) is 18.5. The summed E-state index contributed by atoms with van der Waals surface area (Å²) in [4.78, 5) is 15.6. The molecule has 0 spiro atoms. The first kappa shape index (κ1) is 23.3. The molecular formula is C26H31F2N7. The smallest absolute Gasteiger partial charge is 0.202 e. The molecule has 1 fully saturated rings. The van der Waals surface area contributed by atoms with Crippen LogP contribution in [0.2, 0.25) is 0 Å². The van der Waals surface area contributed by atoms with Gasteiger partial charge >= 0.3 is 0 Å². The number of fused-ring (bicyclic) bond motifs is 1. The number of aryl methyl sites for hydroxylation is 1. The van der Waals surface area contributed by atoms with Crippen molar-refractivity contribution in [3.8, 4) is 0 Å². The van der Waals surface area contributed by atoms with Crippen LogP contribution >= 0.6 is 0 Å². The third-order valence-electron chi connectivity index (χ3n) is 6.86. The van der Waals surface area contributed by atoms with E-state index in [1.807, 2.05) is 43.7 Å². The van der Waals surface area contributed by atoms with E-state index < -0.39 is 17.7 Å². The third-order valence-corrected chi connectivity index (χ3v) is 6.86. The number of aromatic nitrogens is 3. The zero-order valence-corrected chi connectivity index (χ0v) is 20.7. The van der Waals surface area contributed by atoms with E-state index >= 15 is 0 Å². The highest BCUT2D eigenvalue weighted by Crippen LogP contribution is 2.34. The molecular weight excluding hydrogens is 448 g/mol. The monoisotopic (exact) mass is 479 g/mol. The highest BCUT2D eigenvalue weighted by molar-refractivity contribution is 5.94. The minimum Gasteiger partial charge on any atom is -0.370 e. The van der Waals surface area contributed by atoms with Crippen molar-refractivity contribution in [2.75, 3.05) is 23.3 Å². The van der Waals surface area contributed by atoms with E-state index in [0.717, 1.165) is 24.7 Å². The van der Waals surface area contributed by atoms with E-state index in [1.54, 1.807) is 6.07 Å². The van der Waals surface area contributed by atoms with E-state index in [1.165, 1.54) is 12.3 Å². The van der Waals surface area contributed by atoms with Crippen LogP contribution in [0.1, 0.15) is 51.2 Å². The van der Waals surface area contributed by atoms with E-state index in [-0.39, 0.29) is 11.6 Å². The molecule has 9 heteroatoms. The highest BCUT2D eigenvalue weighted by Gasteiger charge is 2.29. The van der Waals surface area contributed by atoms with Crippen LogP contribution in [0.5, 0.6) is 0 Å². The average Bonchev–Trinajstić information content (AvgIpc) is 3.11. The number of hydrogen-bond acceptors (Lipinski definition) is 6. The zero-order chi connectivity index (χ0) is 24.9. The molecule has 2 aliphatic heterocycles. The van der Waals surface area contributed by atoms with Crippen LogP contribution in [0.4, 0.5) is 20.3 Å². The highest BCUT2D eigenvalue weighted by atomic mass is 19.1. The van der Waals surface area contributed by atoms with Crippen LogP contribution in [-0.4, -0.2) is 33.6 Å². The van der Waals surface area contributed by atoms with Crippen molar-refractivity contribution in [1.29, 1.82) is 0 Å². The second kappa shape index (κ2) is 8.94. The molecule has 3 aromatic rings. The lowest BCUT2D eigenvalue weighted by molar-refractivity contribution is 0.309. The fourth-order valence-corrected chi connectivity index (χ4v) is 4.76. The molecule has 0 bridgehead atoms. The number of pyridine rings is 1. The van der Waals surface area contributed by atoms with Gasteiger partial charge in [0.25, 0.3) is 0 Å². The summed E-state index contributed by atoms with van der Waals surface area (Å²) in [6.45, 7) is 12.4. The number of halogens is 2. The Morgan fingerprint density at radius 2 is 1.89 bits per heavy atom. The molecule has 1 atom stereocenters. The number of imidazole rings is 1. The number of rotatable bonds is 5. The molecule has 35 heavy (non-hydrogen) atoms. The molecule has 0 aliphatic carbocycles. The number of anilines is 2. The fraction of sp³-hybridized carbons (Fsp3) is 0.423. The molecule has 0 radical (unpaired) electrons. The maximum atomic E-state index is 14.9. The number of nitrogens with zero attached hydrogens (tertiary/aromatic N) is 5. The quantitative estimate of drug-likeness (QED) is 0.508. The summed E-state index contributed by atoms with van der Waals surface area (Å²) in [5, 5.41) is 5.92. The van der Waals surface area contributed by atoms with Crippen LogP contribution in [-0.2, 0) is 0 Å². The first-order chi connectivity index (χ1) is 16.7. The maximum absolute atomic E-state index is 14.9. The predicted octanol–water partition coefficient (Wildman–Crippen LogP) is 5.48. The second-order valence-corrected chi connectivity index (χ2v) is 9.98. The van der Waals surface area contributed by atoms with Crippen molar-refractivity contribution in [1.82, 2.24) is 19.9 Å². The summed E-state index contributed by atoms with van der Waals surface area (Å²) in [7, 11) is 0. The lowest BCUT2D eigenvalue weighted by atomic mass is 9.88. The molecule has 5 rings (SSSR count). The number of nitrogens with one attached hydrogen (secondary N) is 2. The lowest BCUT2D eigenvalue weighted by Gasteiger charge is -2.43. The molecule has 4 heterocycles. The van der Waals surface area contributed by atoms with E-state index in [9.17, 15) is 8.78 Å². The van der Waals surface area contributed by atoms with E-state index in [2.05, 4.69) is 44.3 Å². The SMILES string of the molecule is Cc1nc2c(F)cc(C3N=C(Nc4ccc(N5CC(C(C)C)C5)cn4)NC=C3F)cc2n1C(C)C. The van der Waals surface area contributed by atoms with E-state index in [0.29, 0.717) is 34.6 Å². The molecule has 2 N–H and O–H groups in total. The number of hydrogen-bond donors (Lipinski definition) is 2. The maximum Gasteiger partial charge on any atom is 0.202 e. The Balaban J connectivity index is 1.37. The Kier molecular flexibility index (Phi) is 5.94. The summed E-state index contributed by atoms with van der Waals surface area (Å²) in [5.74, 6) is 2.06. The van der Waals surface area contributed by atoms with Crippen molar-refractivity contribution >= 4 is 28.5 Å². The van der Waals surface area contributed by atoms with Gasteiger partial charge in [0.2, 0.25) is 5.96 Å². The Morgan fingerprint density at radius 1 is 1.11 bits per heavy atom. The average molecular weight is 480 g/mol. The summed E-state index contributed by atoms with van der Waals surface area (Å²) in [6.07, 6.45) is 3.07. The molecule has 184 valence electrons. The van der Waals surface area contributed by atoms with Crippen LogP contribution in [0.3, 0.4) is 0 Å². The lowest BCUT2D eigenvalue weighted by Crippen LogP contribution is -2.49.